The van der Waals surface area contributed by atoms with Crippen molar-refractivity contribution in [3.8, 4) is 0 Å². The predicted molar refractivity (Wildman–Crippen MR) is 63.2 cm³/mol. The summed E-state index contributed by atoms with van der Waals surface area (Å²) in [6, 6.07) is -0.132. The maximum Gasteiger partial charge on any atom is 0.244 e. The lowest BCUT2D eigenvalue weighted by molar-refractivity contribution is -0.131. The van der Waals surface area contributed by atoms with E-state index in [0.29, 0.717) is 0 Å². The Bertz CT molecular complexity index is 274. The second-order valence-electron chi connectivity index (χ2n) is 3.93. The van der Waals surface area contributed by atoms with Crippen LogP contribution < -0.4 is 5.32 Å². The Morgan fingerprint density at radius 2 is 2.27 bits per heavy atom. The molecule has 0 aromatic rings. The number of carbonyl (C=O) groups is 1. The molecule has 5 heteroatoms. The standard InChI is InChI=1S/C10H17N3OS/c1-8(12-10-11-4-7-15-10)9(14)13-5-2-3-6-13/h8H,2-7H2,1H3,(H,11,12). The SMILES string of the molecule is CC(NC1=NCCS1)C(=O)N1CCCC1. The van der Waals surface area contributed by atoms with E-state index in [0.717, 1.165) is 43.4 Å². The van der Waals surface area contributed by atoms with Gasteiger partial charge in [0.25, 0.3) is 0 Å². The molecule has 15 heavy (non-hydrogen) atoms. The van der Waals surface area contributed by atoms with Crippen molar-refractivity contribution >= 4 is 22.8 Å². The molecule has 0 aliphatic carbocycles. The Labute approximate surface area is 94.5 Å². The van der Waals surface area contributed by atoms with Crippen LogP contribution in [-0.2, 0) is 4.79 Å². The average molecular weight is 227 g/mol. The fourth-order valence-electron chi connectivity index (χ4n) is 1.88. The van der Waals surface area contributed by atoms with Gasteiger partial charge in [0.15, 0.2) is 5.17 Å². The Morgan fingerprint density at radius 3 is 2.87 bits per heavy atom. The van der Waals surface area contributed by atoms with Gasteiger partial charge in [-0.15, -0.1) is 0 Å². The van der Waals surface area contributed by atoms with E-state index >= 15 is 0 Å². The van der Waals surface area contributed by atoms with Gasteiger partial charge in [-0.1, -0.05) is 11.8 Å². The lowest BCUT2D eigenvalue weighted by Gasteiger charge is -2.21. The molecule has 0 aromatic heterocycles. The first-order valence-corrected chi connectivity index (χ1v) is 6.48. The van der Waals surface area contributed by atoms with Crippen LogP contribution in [-0.4, -0.2) is 47.4 Å². The van der Waals surface area contributed by atoms with Gasteiger partial charge in [-0.05, 0) is 19.8 Å². The van der Waals surface area contributed by atoms with E-state index in [-0.39, 0.29) is 11.9 Å². The third-order valence-electron chi connectivity index (χ3n) is 2.71. The second kappa shape index (κ2) is 4.88. The van der Waals surface area contributed by atoms with Gasteiger partial charge in [0.05, 0.1) is 6.54 Å². The largest absolute Gasteiger partial charge is 0.353 e. The van der Waals surface area contributed by atoms with E-state index in [9.17, 15) is 4.79 Å². The molecule has 2 aliphatic heterocycles. The molecule has 1 amide bonds. The van der Waals surface area contributed by atoms with Crippen molar-refractivity contribution in [1.82, 2.24) is 10.2 Å². The van der Waals surface area contributed by atoms with Crippen molar-refractivity contribution in [2.75, 3.05) is 25.4 Å². The molecule has 0 radical (unpaired) electrons. The molecule has 1 fully saturated rings. The molecule has 4 nitrogen and oxygen atoms in total. The highest BCUT2D eigenvalue weighted by atomic mass is 32.2. The van der Waals surface area contributed by atoms with E-state index in [1.165, 1.54) is 0 Å². The molecule has 0 saturated carbocycles. The van der Waals surface area contributed by atoms with Gasteiger partial charge in [0.2, 0.25) is 5.91 Å². The number of aliphatic imine (C=N–C) groups is 1. The van der Waals surface area contributed by atoms with Crippen LogP contribution in [0.5, 0.6) is 0 Å². The van der Waals surface area contributed by atoms with E-state index in [2.05, 4.69) is 10.3 Å². The molecular weight excluding hydrogens is 210 g/mol. The molecule has 2 rings (SSSR count). The molecule has 0 bridgehead atoms. The smallest absolute Gasteiger partial charge is 0.244 e. The van der Waals surface area contributed by atoms with Crippen molar-refractivity contribution in [2.24, 2.45) is 4.99 Å². The minimum Gasteiger partial charge on any atom is -0.353 e. The van der Waals surface area contributed by atoms with E-state index in [1.54, 1.807) is 11.8 Å². The fraction of sp³-hybridized carbons (Fsp3) is 0.800. The van der Waals surface area contributed by atoms with Crippen LogP contribution >= 0.6 is 11.8 Å². The number of carbonyl (C=O) groups excluding carboxylic acids is 1. The van der Waals surface area contributed by atoms with Gasteiger partial charge in [-0.25, -0.2) is 0 Å². The highest BCUT2D eigenvalue weighted by molar-refractivity contribution is 8.14. The van der Waals surface area contributed by atoms with Crippen molar-refractivity contribution in [3.63, 3.8) is 0 Å². The number of amides is 1. The Kier molecular flexibility index (Phi) is 3.51. The third-order valence-corrected chi connectivity index (χ3v) is 3.62. The van der Waals surface area contributed by atoms with Crippen molar-refractivity contribution in [2.45, 2.75) is 25.8 Å². The second-order valence-corrected chi connectivity index (χ2v) is 5.02. The number of amidine groups is 1. The molecule has 2 aliphatic rings. The molecule has 1 unspecified atom stereocenters. The Balaban J connectivity index is 1.83. The van der Waals surface area contributed by atoms with Crippen LogP contribution in [0.1, 0.15) is 19.8 Å². The summed E-state index contributed by atoms with van der Waals surface area (Å²) >= 11 is 1.70. The van der Waals surface area contributed by atoms with Gasteiger partial charge in [0.1, 0.15) is 6.04 Å². The summed E-state index contributed by atoms with van der Waals surface area (Å²) in [7, 11) is 0. The zero-order chi connectivity index (χ0) is 10.7. The first kappa shape index (κ1) is 10.8. The lowest BCUT2D eigenvalue weighted by Crippen LogP contribution is -2.45. The number of nitrogens with one attached hydrogen (secondary N) is 1. The van der Waals surface area contributed by atoms with Crippen molar-refractivity contribution in [1.29, 1.82) is 0 Å². The summed E-state index contributed by atoms with van der Waals surface area (Å²) in [5.41, 5.74) is 0. The zero-order valence-electron chi connectivity index (χ0n) is 9.03. The molecule has 0 spiro atoms. The number of rotatable bonds is 2. The van der Waals surface area contributed by atoms with Gasteiger partial charge in [-0.2, -0.15) is 0 Å². The number of hydrogen-bond donors (Lipinski definition) is 1. The maximum atomic E-state index is 11.9. The highest BCUT2D eigenvalue weighted by Crippen LogP contribution is 2.12. The van der Waals surface area contributed by atoms with Crippen LogP contribution in [0.25, 0.3) is 0 Å². The summed E-state index contributed by atoms with van der Waals surface area (Å²) < 4.78 is 0. The quantitative estimate of drug-likeness (QED) is 0.755. The fourth-order valence-corrected chi connectivity index (χ4v) is 2.70. The summed E-state index contributed by atoms with van der Waals surface area (Å²) in [5.74, 6) is 1.25. The van der Waals surface area contributed by atoms with Gasteiger partial charge >= 0.3 is 0 Å². The molecule has 0 aromatic carbocycles. The molecule has 1 saturated heterocycles. The molecule has 2 heterocycles. The molecular formula is C10H17N3OS. The molecule has 1 atom stereocenters. The number of hydrogen-bond acceptors (Lipinski definition) is 4. The minimum absolute atomic E-state index is 0.132. The average Bonchev–Trinajstić information content (AvgIpc) is 2.88. The van der Waals surface area contributed by atoms with Gasteiger partial charge in [-0.3, -0.25) is 9.79 Å². The lowest BCUT2D eigenvalue weighted by atomic mass is 10.3. The number of likely N-dealkylation sites (tertiary alicyclic amines) is 1. The predicted octanol–water partition coefficient (Wildman–Crippen LogP) is 0.690. The topological polar surface area (TPSA) is 44.7 Å². The van der Waals surface area contributed by atoms with Crippen molar-refractivity contribution in [3.05, 3.63) is 0 Å². The summed E-state index contributed by atoms with van der Waals surface area (Å²) in [4.78, 5) is 18.2. The number of nitrogens with zero attached hydrogens (tertiary/aromatic N) is 2. The van der Waals surface area contributed by atoms with E-state index in [1.807, 2.05) is 11.8 Å². The minimum atomic E-state index is -0.132. The monoisotopic (exact) mass is 227 g/mol. The normalized spacial score (nSPS) is 22.7. The molecule has 1 N–H and O–H groups in total. The summed E-state index contributed by atoms with van der Waals surface area (Å²) in [6.45, 7) is 4.63. The van der Waals surface area contributed by atoms with Crippen LogP contribution in [0.4, 0.5) is 0 Å². The zero-order valence-corrected chi connectivity index (χ0v) is 9.85. The third kappa shape index (κ3) is 2.65. The van der Waals surface area contributed by atoms with Crippen LogP contribution in [0.2, 0.25) is 0 Å². The summed E-state index contributed by atoms with van der Waals surface area (Å²) in [6.07, 6.45) is 2.29. The van der Waals surface area contributed by atoms with Crippen LogP contribution in [0.15, 0.2) is 4.99 Å². The van der Waals surface area contributed by atoms with Crippen LogP contribution in [0.3, 0.4) is 0 Å². The van der Waals surface area contributed by atoms with Crippen LogP contribution in [0, 0.1) is 0 Å². The molecule has 84 valence electrons. The first-order chi connectivity index (χ1) is 7.27. The number of thioether (sulfide) groups is 1. The Morgan fingerprint density at radius 1 is 1.53 bits per heavy atom. The van der Waals surface area contributed by atoms with E-state index < -0.39 is 0 Å². The highest BCUT2D eigenvalue weighted by Gasteiger charge is 2.24. The Hall–Kier alpha value is -0.710. The van der Waals surface area contributed by atoms with E-state index in [4.69, 9.17) is 0 Å². The first-order valence-electron chi connectivity index (χ1n) is 5.50. The van der Waals surface area contributed by atoms with Crippen molar-refractivity contribution < 1.29 is 4.79 Å². The summed E-state index contributed by atoms with van der Waals surface area (Å²) in [5, 5.41) is 4.10. The van der Waals surface area contributed by atoms with Gasteiger partial charge < -0.3 is 10.2 Å². The maximum absolute atomic E-state index is 11.9. The van der Waals surface area contributed by atoms with Gasteiger partial charge in [0, 0.05) is 18.8 Å².